The van der Waals surface area contributed by atoms with E-state index in [-0.39, 0.29) is 11.6 Å². The molecular formula is C24H26O2P+. The zero-order valence-electron chi connectivity index (χ0n) is 15.9. The summed E-state index contributed by atoms with van der Waals surface area (Å²) in [6, 6.07) is 31.9. The lowest BCUT2D eigenvalue weighted by molar-refractivity contribution is -0.143. The van der Waals surface area contributed by atoms with E-state index < -0.39 is 7.26 Å². The second kappa shape index (κ2) is 8.97. The summed E-state index contributed by atoms with van der Waals surface area (Å²) in [4.78, 5) is 12.4. The summed E-state index contributed by atoms with van der Waals surface area (Å²) < 4.78 is 5.29. The lowest BCUT2D eigenvalue weighted by Crippen LogP contribution is -2.38. The quantitative estimate of drug-likeness (QED) is 0.453. The maximum absolute atomic E-state index is 12.4. The average molecular weight is 377 g/mol. The summed E-state index contributed by atoms with van der Waals surface area (Å²) in [5, 5.41) is 3.87. The second-order valence-corrected chi connectivity index (χ2v) is 10.5. The first-order chi connectivity index (χ1) is 13.2. The SMILES string of the molecule is CCOC(=O)CC(C)[P+](c1ccccc1)(c1ccccc1)c1ccccc1. The van der Waals surface area contributed by atoms with Crippen molar-refractivity contribution in [2.24, 2.45) is 0 Å². The van der Waals surface area contributed by atoms with Crippen LogP contribution >= 0.6 is 7.26 Å². The van der Waals surface area contributed by atoms with Gasteiger partial charge in [0.05, 0.1) is 18.7 Å². The summed E-state index contributed by atoms with van der Waals surface area (Å²) in [5.41, 5.74) is 0.128. The molecule has 0 aliphatic carbocycles. The van der Waals surface area contributed by atoms with Crippen LogP contribution in [-0.2, 0) is 9.53 Å². The fraction of sp³-hybridized carbons (Fsp3) is 0.208. The first-order valence-electron chi connectivity index (χ1n) is 9.40. The Morgan fingerprint density at radius 2 is 1.15 bits per heavy atom. The Kier molecular flexibility index (Phi) is 6.42. The Morgan fingerprint density at radius 1 is 0.778 bits per heavy atom. The van der Waals surface area contributed by atoms with Crippen molar-refractivity contribution >= 4 is 29.1 Å². The van der Waals surface area contributed by atoms with Crippen molar-refractivity contribution in [3.63, 3.8) is 0 Å². The molecule has 0 amide bonds. The molecule has 1 atom stereocenters. The van der Waals surface area contributed by atoms with E-state index in [1.165, 1.54) is 15.9 Å². The van der Waals surface area contributed by atoms with Gasteiger partial charge in [-0.3, -0.25) is 4.79 Å². The molecular weight excluding hydrogens is 351 g/mol. The van der Waals surface area contributed by atoms with Gasteiger partial charge in [0.1, 0.15) is 23.2 Å². The molecule has 3 aromatic carbocycles. The molecule has 0 aromatic heterocycles. The number of rotatable bonds is 7. The number of hydrogen-bond donors (Lipinski definition) is 0. The lowest BCUT2D eigenvalue weighted by Gasteiger charge is -2.32. The van der Waals surface area contributed by atoms with Crippen LogP contribution in [0.3, 0.4) is 0 Å². The summed E-state index contributed by atoms with van der Waals surface area (Å²) >= 11 is 0. The van der Waals surface area contributed by atoms with Crippen LogP contribution in [0.2, 0.25) is 0 Å². The molecule has 2 nitrogen and oxygen atoms in total. The van der Waals surface area contributed by atoms with E-state index in [9.17, 15) is 4.79 Å². The van der Waals surface area contributed by atoms with Crippen LogP contribution in [-0.4, -0.2) is 18.2 Å². The van der Waals surface area contributed by atoms with E-state index in [2.05, 4.69) is 79.7 Å². The van der Waals surface area contributed by atoms with Crippen molar-refractivity contribution in [2.45, 2.75) is 25.9 Å². The third kappa shape index (κ3) is 3.96. The first-order valence-corrected chi connectivity index (χ1v) is 11.3. The predicted molar refractivity (Wildman–Crippen MR) is 116 cm³/mol. The van der Waals surface area contributed by atoms with Gasteiger partial charge in [0, 0.05) is 0 Å². The molecule has 0 radical (unpaired) electrons. The van der Waals surface area contributed by atoms with Crippen molar-refractivity contribution in [1.82, 2.24) is 0 Å². The Labute approximate surface area is 162 Å². The second-order valence-electron chi connectivity index (χ2n) is 6.59. The summed E-state index contributed by atoms with van der Waals surface area (Å²) in [7, 11) is -2.02. The van der Waals surface area contributed by atoms with Crippen LogP contribution in [0, 0.1) is 0 Å². The van der Waals surface area contributed by atoms with Gasteiger partial charge < -0.3 is 4.74 Å². The molecule has 0 bridgehead atoms. The van der Waals surface area contributed by atoms with Crippen LogP contribution in [0.4, 0.5) is 0 Å². The highest BCUT2D eigenvalue weighted by molar-refractivity contribution is 7.96. The highest BCUT2D eigenvalue weighted by atomic mass is 31.2. The van der Waals surface area contributed by atoms with Crippen molar-refractivity contribution in [3.8, 4) is 0 Å². The minimum atomic E-state index is -2.02. The number of benzene rings is 3. The fourth-order valence-corrected chi connectivity index (χ4v) is 8.57. The van der Waals surface area contributed by atoms with E-state index in [0.717, 1.165) is 0 Å². The molecule has 0 spiro atoms. The van der Waals surface area contributed by atoms with Crippen LogP contribution < -0.4 is 15.9 Å². The molecule has 0 saturated carbocycles. The van der Waals surface area contributed by atoms with Gasteiger partial charge in [0.2, 0.25) is 0 Å². The van der Waals surface area contributed by atoms with Crippen molar-refractivity contribution in [1.29, 1.82) is 0 Å². The number of carbonyl (C=O) groups is 1. The van der Waals surface area contributed by atoms with E-state index in [4.69, 9.17) is 4.74 Å². The van der Waals surface area contributed by atoms with Crippen LogP contribution in [0.25, 0.3) is 0 Å². The third-order valence-corrected chi connectivity index (χ3v) is 9.76. The number of esters is 1. The van der Waals surface area contributed by atoms with Crippen LogP contribution in [0.1, 0.15) is 20.3 Å². The highest BCUT2D eigenvalue weighted by Crippen LogP contribution is 2.60. The van der Waals surface area contributed by atoms with E-state index in [1.54, 1.807) is 0 Å². The molecule has 0 saturated heterocycles. The van der Waals surface area contributed by atoms with Gasteiger partial charge in [0.25, 0.3) is 0 Å². The maximum atomic E-state index is 12.4. The maximum Gasteiger partial charge on any atom is 0.309 e. The molecule has 138 valence electrons. The van der Waals surface area contributed by atoms with Crippen LogP contribution in [0.5, 0.6) is 0 Å². The molecule has 0 fully saturated rings. The molecule has 3 rings (SSSR count). The van der Waals surface area contributed by atoms with Gasteiger partial charge in [-0.1, -0.05) is 54.6 Å². The minimum Gasteiger partial charge on any atom is -0.466 e. The largest absolute Gasteiger partial charge is 0.466 e. The Hall–Kier alpha value is -2.44. The normalized spacial score (nSPS) is 12.4. The molecule has 0 heterocycles. The Bertz CT molecular complexity index is 751. The number of hydrogen-bond acceptors (Lipinski definition) is 2. The summed E-state index contributed by atoms with van der Waals surface area (Å²) in [5.74, 6) is -0.128. The van der Waals surface area contributed by atoms with Crippen molar-refractivity contribution in [3.05, 3.63) is 91.0 Å². The number of ether oxygens (including phenoxy) is 1. The van der Waals surface area contributed by atoms with Gasteiger partial charge in [-0.15, -0.1) is 0 Å². The van der Waals surface area contributed by atoms with Gasteiger partial charge >= 0.3 is 5.97 Å². The zero-order chi connectivity index (χ0) is 19.1. The predicted octanol–water partition coefficient (Wildman–Crippen LogP) is 4.32. The molecule has 0 aliphatic heterocycles. The van der Waals surface area contributed by atoms with Crippen LogP contribution in [0.15, 0.2) is 91.0 Å². The molecule has 3 heteroatoms. The van der Waals surface area contributed by atoms with Gasteiger partial charge in [-0.05, 0) is 50.2 Å². The zero-order valence-corrected chi connectivity index (χ0v) is 16.8. The van der Waals surface area contributed by atoms with Gasteiger partial charge in [0.15, 0.2) is 0 Å². The summed E-state index contributed by atoms with van der Waals surface area (Å²) in [6.07, 6.45) is 0.403. The summed E-state index contributed by atoms with van der Waals surface area (Å²) in [6.45, 7) is 4.47. The molecule has 27 heavy (non-hydrogen) atoms. The van der Waals surface area contributed by atoms with E-state index in [1.807, 2.05) is 25.1 Å². The molecule has 0 aliphatic rings. The lowest BCUT2D eigenvalue weighted by atomic mass is 10.3. The standard InChI is InChI=1S/C24H26O2P/c1-3-26-24(25)19-20(2)27(21-13-7-4-8-14-21,22-15-9-5-10-16-22)23-17-11-6-12-18-23/h4-18,20H,3,19H2,1-2H3/q+1. The first kappa shape index (κ1) is 19.3. The number of carbonyl (C=O) groups excluding carboxylic acids is 1. The Balaban J connectivity index is 2.24. The smallest absolute Gasteiger partial charge is 0.309 e. The molecule has 3 aromatic rings. The van der Waals surface area contributed by atoms with Gasteiger partial charge in [-0.2, -0.15) is 0 Å². The minimum absolute atomic E-state index is 0.128. The van der Waals surface area contributed by atoms with Crippen molar-refractivity contribution in [2.75, 3.05) is 6.61 Å². The highest BCUT2D eigenvalue weighted by Gasteiger charge is 2.50. The topological polar surface area (TPSA) is 26.3 Å². The third-order valence-electron chi connectivity index (χ3n) is 4.92. The van der Waals surface area contributed by atoms with E-state index in [0.29, 0.717) is 13.0 Å². The van der Waals surface area contributed by atoms with E-state index >= 15 is 0 Å². The monoisotopic (exact) mass is 377 g/mol. The van der Waals surface area contributed by atoms with Gasteiger partial charge in [-0.25, -0.2) is 0 Å². The molecule has 1 unspecified atom stereocenters. The molecule has 0 N–H and O–H groups in total. The van der Waals surface area contributed by atoms with Crippen molar-refractivity contribution < 1.29 is 9.53 Å². The fourth-order valence-electron chi connectivity index (χ4n) is 3.80. The average Bonchev–Trinajstić information content (AvgIpc) is 2.71. The Morgan fingerprint density at radius 3 is 1.48 bits per heavy atom.